The van der Waals surface area contributed by atoms with Gasteiger partial charge in [-0.15, -0.1) is 0 Å². The number of fused-ring (bicyclic) bond motifs is 1. The Labute approximate surface area is 130 Å². The van der Waals surface area contributed by atoms with Gasteiger partial charge in [0.25, 0.3) is 0 Å². The summed E-state index contributed by atoms with van der Waals surface area (Å²) in [5.41, 5.74) is 1.91. The van der Waals surface area contributed by atoms with E-state index in [-0.39, 0.29) is 5.69 Å². The number of hydrogen-bond acceptors (Lipinski definition) is 2. The number of aromatic nitrogens is 2. The Balaban J connectivity index is 2.00. The normalized spacial score (nSPS) is 10.9. The largest absolute Gasteiger partial charge is 0.476 e. The number of imidazole rings is 1. The van der Waals surface area contributed by atoms with Gasteiger partial charge in [0.1, 0.15) is 5.82 Å². The topological polar surface area (TPSA) is 54.6 Å². The maximum absolute atomic E-state index is 11.3. The van der Waals surface area contributed by atoms with E-state index >= 15 is 0 Å². The fourth-order valence-corrected chi connectivity index (χ4v) is 2.94. The van der Waals surface area contributed by atoms with Gasteiger partial charge in [-0.3, -0.25) is 4.40 Å². The zero-order chi connectivity index (χ0) is 14.8. The van der Waals surface area contributed by atoms with Gasteiger partial charge in [-0.05, 0) is 40.0 Å². The number of aryl methyl sites for hydroxylation is 2. The van der Waals surface area contributed by atoms with Crippen LogP contribution in [0.15, 0.2) is 53.1 Å². The molecule has 0 fully saturated rings. The van der Waals surface area contributed by atoms with Crippen LogP contribution in [-0.4, -0.2) is 20.5 Å². The Morgan fingerprint density at radius 3 is 2.57 bits per heavy atom. The lowest BCUT2D eigenvalue weighted by molar-refractivity contribution is 0.0693. The fraction of sp³-hybridized carbons (Fsp3) is 0.125. The van der Waals surface area contributed by atoms with Crippen molar-refractivity contribution in [3.8, 4) is 0 Å². The molecule has 0 aliphatic rings. The van der Waals surface area contributed by atoms with Gasteiger partial charge in [0.05, 0.1) is 10.1 Å². The van der Waals surface area contributed by atoms with E-state index in [1.165, 1.54) is 5.56 Å². The molecule has 2 aromatic heterocycles. The average molecular weight is 345 g/mol. The van der Waals surface area contributed by atoms with Crippen molar-refractivity contribution in [1.82, 2.24) is 9.38 Å². The van der Waals surface area contributed by atoms with Crippen molar-refractivity contribution in [3.63, 3.8) is 0 Å². The average Bonchev–Trinajstić information content (AvgIpc) is 2.87. The first kappa shape index (κ1) is 13.8. The van der Waals surface area contributed by atoms with Crippen LogP contribution in [-0.2, 0) is 12.8 Å². The molecule has 0 aliphatic carbocycles. The van der Waals surface area contributed by atoms with E-state index in [1.807, 2.05) is 34.7 Å². The highest BCUT2D eigenvalue weighted by Crippen LogP contribution is 2.21. The number of benzene rings is 1. The first-order valence-electron chi connectivity index (χ1n) is 6.60. The molecule has 1 aromatic carbocycles. The minimum absolute atomic E-state index is 0.0966. The predicted octanol–water partition coefficient (Wildman–Crippen LogP) is 3.58. The Bertz CT molecular complexity index is 797. The highest BCUT2D eigenvalue weighted by atomic mass is 79.9. The number of nitrogens with zero attached hydrogens (tertiary/aromatic N) is 2. The summed E-state index contributed by atoms with van der Waals surface area (Å²) in [6.45, 7) is 0. The Morgan fingerprint density at radius 1 is 1.10 bits per heavy atom. The van der Waals surface area contributed by atoms with Gasteiger partial charge in [0.2, 0.25) is 0 Å². The lowest BCUT2D eigenvalue weighted by Crippen LogP contribution is -1.99. The van der Waals surface area contributed by atoms with E-state index in [2.05, 4.69) is 33.0 Å². The van der Waals surface area contributed by atoms with Crippen molar-refractivity contribution < 1.29 is 9.90 Å². The summed E-state index contributed by atoms with van der Waals surface area (Å²) in [4.78, 5) is 15.6. The van der Waals surface area contributed by atoms with Crippen molar-refractivity contribution in [2.45, 2.75) is 12.8 Å². The molecular formula is C16H13BrN2O2. The van der Waals surface area contributed by atoms with Crippen molar-refractivity contribution in [2.75, 3.05) is 0 Å². The molecule has 5 heteroatoms. The third-order valence-electron chi connectivity index (χ3n) is 3.37. The molecule has 0 saturated heterocycles. The first-order chi connectivity index (χ1) is 10.2. The monoisotopic (exact) mass is 344 g/mol. The van der Waals surface area contributed by atoms with Crippen LogP contribution < -0.4 is 0 Å². The van der Waals surface area contributed by atoms with E-state index in [0.29, 0.717) is 11.9 Å². The molecule has 0 radical (unpaired) electrons. The summed E-state index contributed by atoms with van der Waals surface area (Å²) in [6.07, 6.45) is 1.50. The molecule has 0 saturated carbocycles. The minimum atomic E-state index is -1.00. The van der Waals surface area contributed by atoms with Gasteiger partial charge in [0.15, 0.2) is 5.69 Å². The van der Waals surface area contributed by atoms with E-state index in [0.717, 1.165) is 16.8 Å². The van der Waals surface area contributed by atoms with Crippen LogP contribution in [0.25, 0.3) is 5.52 Å². The van der Waals surface area contributed by atoms with Crippen LogP contribution in [0.5, 0.6) is 0 Å². The Kier molecular flexibility index (Phi) is 3.75. The second kappa shape index (κ2) is 5.69. The second-order valence-corrected chi connectivity index (χ2v) is 5.55. The molecular weight excluding hydrogens is 332 g/mol. The number of rotatable bonds is 4. The molecule has 3 rings (SSSR count). The maximum atomic E-state index is 11.3. The van der Waals surface area contributed by atoms with E-state index in [9.17, 15) is 9.90 Å². The zero-order valence-electron chi connectivity index (χ0n) is 11.2. The van der Waals surface area contributed by atoms with Gasteiger partial charge < -0.3 is 5.11 Å². The molecule has 2 heterocycles. The summed E-state index contributed by atoms with van der Waals surface area (Å²) in [7, 11) is 0. The first-order valence-corrected chi connectivity index (χ1v) is 7.39. The second-order valence-electron chi connectivity index (χ2n) is 4.74. The zero-order valence-corrected chi connectivity index (χ0v) is 12.7. The highest BCUT2D eigenvalue weighted by Gasteiger charge is 2.17. The number of carboxylic acid groups (broad SMARTS) is 1. The van der Waals surface area contributed by atoms with Crippen molar-refractivity contribution >= 4 is 27.4 Å². The van der Waals surface area contributed by atoms with E-state index in [1.54, 1.807) is 6.07 Å². The van der Waals surface area contributed by atoms with Crippen LogP contribution >= 0.6 is 15.9 Å². The lowest BCUT2D eigenvalue weighted by atomic mass is 10.1. The Morgan fingerprint density at radius 2 is 1.86 bits per heavy atom. The summed E-state index contributed by atoms with van der Waals surface area (Å²) in [5.74, 6) is -0.254. The van der Waals surface area contributed by atoms with Gasteiger partial charge in [0, 0.05) is 6.42 Å². The minimum Gasteiger partial charge on any atom is -0.476 e. The van der Waals surface area contributed by atoms with Crippen molar-refractivity contribution in [3.05, 3.63) is 70.2 Å². The van der Waals surface area contributed by atoms with Gasteiger partial charge in [-0.2, -0.15) is 0 Å². The molecule has 4 nitrogen and oxygen atoms in total. The van der Waals surface area contributed by atoms with Gasteiger partial charge in [-0.25, -0.2) is 9.78 Å². The Hall–Kier alpha value is -2.14. The van der Waals surface area contributed by atoms with Crippen LogP contribution in [0, 0.1) is 0 Å². The van der Waals surface area contributed by atoms with Gasteiger partial charge >= 0.3 is 5.97 Å². The SMILES string of the molecule is O=C(O)c1nc(CCc2ccccc2)n2c(Br)cccc12. The molecule has 106 valence electrons. The highest BCUT2D eigenvalue weighted by molar-refractivity contribution is 9.10. The lowest BCUT2D eigenvalue weighted by Gasteiger charge is -2.04. The quantitative estimate of drug-likeness (QED) is 0.736. The standard InChI is InChI=1S/C16H13BrN2O2/c17-13-8-4-7-12-15(16(20)21)18-14(19(12)13)10-9-11-5-2-1-3-6-11/h1-8H,9-10H2,(H,20,21). The molecule has 3 aromatic rings. The third kappa shape index (κ3) is 2.69. The molecule has 0 aliphatic heterocycles. The number of carboxylic acids is 1. The molecule has 0 atom stereocenters. The molecule has 0 unspecified atom stereocenters. The molecule has 21 heavy (non-hydrogen) atoms. The summed E-state index contributed by atoms with van der Waals surface area (Å²) >= 11 is 3.47. The number of hydrogen-bond donors (Lipinski definition) is 1. The van der Waals surface area contributed by atoms with Crippen molar-refractivity contribution in [1.29, 1.82) is 0 Å². The molecule has 0 spiro atoms. The number of aromatic carboxylic acids is 1. The van der Waals surface area contributed by atoms with Crippen LogP contribution in [0.4, 0.5) is 0 Å². The van der Waals surface area contributed by atoms with Crippen molar-refractivity contribution in [2.24, 2.45) is 0 Å². The smallest absolute Gasteiger partial charge is 0.356 e. The van der Waals surface area contributed by atoms with Crippen LogP contribution in [0.1, 0.15) is 21.9 Å². The number of pyridine rings is 1. The third-order valence-corrected chi connectivity index (χ3v) is 3.99. The fourth-order valence-electron chi connectivity index (χ4n) is 2.39. The van der Waals surface area contributed by atoms with E-state index < -0.39 is 5.97 Å². The summed E-state index contributed by atoms with van der Waals surface area (Å²) in [5, 5.41) is 9.28. The molecule has 1 N–H and O–H groups in total. The number of carbonyl (C=O) groups is 1. The van der Waals surface area contributed by atoms with Gasteiger partial charge in [-0.1, -0.05) is 36.4 Å². The van der Waals surface area contributed by atoms with Crippen LogP contribution in [0.3, 0.4) is 0 Å². The molecule has 0 bridgehead atoms. The predicted molar refractivity (Wildman–Crippen MR) is 83.7 cm³/mol. The summed E-state index contributed by atoms with van der Waals surface area (Å²) in [6, 6.07) is 15.6. The van der Waals surface area contributed by atoms with E-state index in [4.69, 9.17) is 0 Å². The van der Waals surface area contributed by atoms with Crippen LogP contribution in [0.2, 0.25) is 0 Å². The summed E-state index contributed by atoms with van der Waals surface area (Å²) < 4.78 is 2.66. The maximum Gasteiger partial charge on any atom is 0.356 e. The number of halogens is 1. The molecule has 0 amide bonds.